The van der Waals surface area contributed by atoms with Gasteiger partial charge in [-0.25, -0.2) is 0 Å². The molecule has 2 aliphatic rings. The molecule has 1 heterocycles. The standard InChI is InChI=1S/C19H28N2O/c1-13(2)14-6-8-15(9-7-14)17-11-18(17)19(22)21-10-4-3-5-16(21)12-20/h6-9,13,16-18H,3-5,10-12,20H2,1-2H3. The lowest BCUT2D eigenvalue weighted by molar-refractivity contribution is -0.136. The summed E-state index contributed by atoms with van der Waals surface area (Å²) in [6.07, 6.45) is 4.41. The van der Waals surface area contributed by atoms with Gasteiger partial charge >= 0.3 is 0 Å². The van der Waals surface area contributed by atoms with Crippen LogP contribution in [0.1, 0.15) is 62.5 Å². The van der Waals surface area contributed by atoms with E-state index in [0.29, 0.717) is 24.3 Å². The largest absolute Gasteiger partial charge is 0.338 e. The molecule has 0 spiro atoms. The second-order valence-electron chi connectivity index (χ2n) is 7.19. The van der Waals surface area contributed by atoms with Crippen molar-refractivity contribution in [2.45, 2.75) is 57.4 Å². The van der Waals surface area contributed by atoms with Crippen LogP contribution in [0.2, 0.25) is 0 Å². The van der Waals surface area contributed by atoms with Gasteiger partial charge in [0.05, 0.1) is 0 Å². The molecule has 0 aromatic heterocycles. The maximum Gasteiger partial charge on any atom is 0.226 e. The van der Waals surface area contributed by atoms with Crippen LogP contribution in [0.3, 0.4) is 0 Å². The van der Waals surface area contributed by atoms with Crippen LogP contribution in [0.25, 0.3) is 0 Å². The first-order chi connectivity index (χ1) is 10.6. The summed E-state index contributed by atoms with van der Waals surface area (Å²) in [6.45, 7) is 5.92. The van der Waals surface area contributed by atoms with Crippen molar-refractivity contribution in [1.29, 1.82) is 0 Å². The van der Waals surface area contributed by atoms with Crippen molar-refractivity contribution < 1.29 is 4.79 Å². The zero-order valence-electron chi connectivity index (χ0n) is 13.8. The number of hydrogen-bond donors (Lipinski definition) is 1. The molecule has 3 atom stereocenters. The fourth-order valence-electron chi connectivity index (χ4n) is 3.71. The Hall–Kier alpha value is -1.35. The van der Waals surface area contributed by atoms with E-state index < -0.39 is 0 Å². The molecule has 2 N–H and O–H groups in total. The Labute approximate surface area is 133 Å². The van der Waals surface area contributed by atoms with Gasteiger partial charge < -0.3 is 10.6 Å². The SMILES string of the molecule is CC(C)c1ccc(C2CC2C(=O)N2CCCCC2CN)cc1. The Morgan fingerprint density at radius 3 is 2.64 bits per heavy atom. The summed E-state index contributed by atoms with van der Waals surface area (Å²) in [7, 11) is 0. The van der Waals surface area contributed by atoms with Crippen LogP contribution in [-0.4, -0.2) is 29.9 Å². The number of likely N-dealkylation sites (tertiary alicyclic amines) is 1. The lowest BCUT2D eigenvalue weighted by atomic mass is 9.99. The quantitative estimate of drug-likeness (QED) is 0.927. The van der Waals surface area contributed by atoms with Crippen LogP contribution >= 0.6 is 0 Å². The second-order valence-corrected chi connectivity index (χ2v) is 7.19. The predicted molar refractivity (Wildman–Crippen MR) is 89.8 cm³/mol. The number of carbonyl (C=O) groups excluding carboxylic acids is 1. The number of amides is 1. The number of piperidine rings is 1. The fraction of sp³-hybridized carbons (Fsp3) is 0.632. The third kappa shape index (κ3) is 3.05. The van der Waals surface area contributed by atoms with Crippen molar-refractivity contribution in [3.63, 3.8) is 0 Å². The van der Waals surface area contributed by atoms with E-state index in [2.05, 4.69) is 43.0 Å². The van der Waals surface area contributed by atoms with E-state index >= 15 is 0 Å². The first kappa shape index (κ1) is 15.5. The molecule has 2 fully saturated rings. The molecule has 3 nitrogen and oxygen atoms in total. The third-order valence-electron chi connectivity index (χ3n) is 5.32. The van der Waals surface area contributed by atoms with Gasteiger partial charge in [0.2, 0.25) is 5.91 Å². The van der Waals surface area contributed by atoms with Gasteiger partial charge in [-0.3, -0.25) is 4.79 Å². The number of nitrogens with two attached hydrogens (primary N) is 1. The molecule has 1 aliphatic heterocycles. The Kier molecular flexibility index (Phi) is 4.53. The normalized spacial score (nSPS) is 28.0. The zero-order valence-corrected chi connectivity index (χ0v) is 13.8. The van der Waals surface area contributed by atoms with Crippen LogP contribution in [-0.2, 0) is 4.79 Å². The monoisotopic (exact) mass is 300 g/mol. The number of rotatable bonds is 4. The van der Waals surface area contributed by atoms with Gasteiger partial charge in [0.15, 0.2) is 0 Å². The molecule has 1 aromatic carbocycles. The predicted octanol–water partition coefficient (Wildman–Crippen LogP) is 3.25. The number of hydrogen-bond acceptors (Lipinski definition) is 2. The summed E-state index contributed by atoms with van der Waals surface area (Å²) in [5.74, 6) is 1.52. The first-order valence-corrected chi connectivity index (χ1v) is 8.72. The Morgan fingerprint density at radius 1 is 1.27 bits per heavy atom. The topological polar surface area (TPSA) is 46.3 Å². The molecule has 1 saturated carbocycles. The van der Waals surface area contributed by atoms with Crippen molar-refractivity contribution in [1.82, 2.24) is 4.90 Å². The minimum Gasteiger partial charge on any atom is -0.338 e. The molecule has 3 unspecified atom stereocenters. The van der Waals surface area contributed by atoms with Crippen molar-refractivity contribution in [2.75, 3.05) is 13.1 Å². The minimum absolute atomic E-state index is 0.192. The zero-order chi connectivity index (χ0) is 15.7. The number of carbonyl (C=O) groups is 1. The van der Waals surface area contributed by atoms with E-state index in [9.17, 15) is 4.79 Å². The molecule has 3 heteroatoms. The highest BCUT2D eigenvalue weighted by atomic mass is 16.2. The molecule has 1 saturated heterocycles. The van der Waals surface area contributed by atoms with Crippen molar-refractivity contribution in [2.24, 2.45) is 11.7 Å². The molecule has 1 aliphatic carbocycles. The third-order valence-corrected chi connectivity index (χ3v) is 5.32. The second kappa shape index (κ2) is 6.41. The molecule has 0 bridgehead atoms. The Bertz CT molecular complexity index is 523. The van der Waals surface area contributed by atoms with Crippen LogP contribution in [0.4, 0.5) is 0 Å². The highest BCUT2D eigenvalue weighted by molar-refractivity contribution is 5.83. The van der Waals surface area contributed by atoms with E-state index in [4.69, 9.17) is 5.73 Å². The van der Waals surface area contributed by atoms with E-state index in [1.165, 1.54) is 17.5 Å². The molecule has 1 aromatic rings. The van der Waals surface area contributed by atoms with Gasteiger partial charge in [-0.1, -0.05) is 38.1 Å². The van der Waals surface area contributed by atoms with E-state index in [-0.39, 0.29) is 12.0 Å². The molecule has 120 valence electrons. The van der Waals surface area contributed by atoms with Crippen LogP contribution in [0.5, 0.6) is 0 Å². The molecule has 22 heavy (non-hydrogen) atoms. The maximum absolute atomic E-state index is 12.8. The smallest absolute Gasteiger partial charge is 0.226 e. The van der Waals surface area contributed by atoms with Crippen molar-refractivity contribution >= 4 is 5.91 Å². The summed E-state index contributed by atoms with van der Waals surface area (Å²) < 4.78 is 0. The molecule has 0 radical (unpaired) electrons. The molecule has 3 rings (SSSR count). The Morgan fingerprint density at radius 2 is 2.00 bits per heavy atom. The first-order valence-electron chi connectivity index (χ1n) is 8.72. The van der Waals surface area contributed by atoms with Crippen LogP contribution in [0.15, 0.2) is 24.3 Å². The van der Waals surface area contributed by atoms with Gasteiger partial charge in [0.25, 0.3) is 0 Å². The number of benzene rings is 1. The van der Waals surface area contributed by atoms with Gasteiger partial charge in [-0.2, -0.15) is 0 Å². The fourth-order valence-corrected chi connectivity index (χ4v) is 3.71. The lowest BCUT2D eigenvalue weighted by Gasteiger charge is -2.35. The molecule has 1 amide bonds. The average Bonchev–Trinajstić information content (AvgIpc) is 3.35. The van der Waals surface area contributed by atoms with Crippen LogP contribution < -0.4 is 5.73 Å². The lowest BCUT2D eigenvalue weighted by Crippen LogP contribution is -2.48. The molecular formula is C19H28N2O. The van der Waals surface area contributed by atoms with Gasteiger partial charge in [-0.05, 0) is 48.6 Å². The van der Waals surface area contributed by atoms with E-state index in [0.717, 1.165) is 25.8 Å². The minimum atomic E-state index is 0.192. The van der Waals surface area contributed by atoms with Gasteiger partial charge in [0.1, 0.15) is 0 Å². The summed E-state index contributed by atoms with van der Waals surface area (Å²) in [5.41, 5.74) is 8.54. The highest BCUT2D eigenvalue weighted by Crippen LogP contribution is 2.49. The maximum atomic E-state index is 12.8. The molecular weight excluding hydrogens is 272 g/mol. The Balaban J connectivity index is 1.64. The van der Waals surface area contributed by atoms with Crippen molar-refractivity contribution in [3.05, 3.63) is 35.4 Å². The van der Waals surface area contributed by atoms with E-state index in [1.807, 2.05) is 0 Å². The number of nitrogens with zero attached hydrogens (tertiary/aromatic N) is 1. The van der Waals surface area contributed by atoms with Gasteiger partial charge in [-0.15, -0.1) is 0 Å². The highest BCUT2D eigenvalue weighted by Gasteiger charge is 2.46. The summed E-state index contributed by atoms with van der Waals surface area (Å²) in [5, 5.41) is 0. The van der Waals surface area contributed by atoms with Gasteiger partial charge in [0, 0.05) is 25.0 Å². The van der Waals surface area contributed by atoms with E-state index in [1.54, 1.807) is 0 Å². The average molecular weight is 300 g/mol. The summed E-state index contributed by atoms with van der Waals surface area (Å²) >= 11 is 0. The van der Waals surface area contributed by atoms with Crippen LogP contribution in [0, 0.1) is 5.92 Å². The summed E-state index contributed by atoms with van der Waals surface area (Å²) in [6, 6.07) is 9.12. The summed E-state index contributed by atoms with van der Waals surface area (Å²) in [4.78, 5) is 14.8. The van der Waals surface area contributed by atoms with Crippen molar-refractivity contribution in [3.8, 4) is 0 Å².